The summed E-state index contributed by atoms with van der Waals surface area (Å²) in [7, 11) is -3.66. The summed E-state index contributed by atoms with van der Waals surface area (Å²) in [6.07, 6.45) is 1.65. The zero-order valence-corrected chi connectivity index (χ0v) is 10.7. The van der Waals surface area contributed by atoms with Gasteiger partial charge in [-0.3, -0.25) is 4.98 Å². The third-order valence-corrected chi connectivity index (χ3v) is 3.73. The average Bonchev–Trinajstić information content (AvgIpc) is 2.40. The normalized spacial score (nSPS) is 10.5. The number of hydrogen-bond donors (Lipinski definition) is 0. The predicted molar refractivity (Wildman–Crippen MR) is 70.5 cm³/mol. The number of halogens is 1. The number of benzene rings is 1. The van der Waals surface area contributed by atoms with E-state index in [0.717, 1.165) is 0 Å². The van der Waals surface area contributed by atoms with Crippen LogP contribution in [0.2, 0.25) is 0 Å². The number of aromatic nitrogens is 1. The lowest BCUT2D eigenvalue weighted by Crippen LogP contribution is -1.97. The smallest absolute Gasteiger partial charge is 0.246 e. The summed E-state index contributed by atoms with van der Waals surface area (Å²) in [5.74, 6) is 0. The maximum atomic E-state index is 11.7. The first kappa shape index (κ1) is 12.6. The molecule has 0 unspecified atom stereocenters. The molecule has 0 fully saturated rings. The van der Waals surface area contributed by atoms with Gasteiger partial charge in [0.2, 0.25) is 9.84 Å². The summed E-state index contributed by atoms with van der Waals surface area (Å²) in [4.78, 5) is 4.27. The Morgan fingerprint density at radius 3 is 2.61 bits per heavy atom. The predicted octanol–water partition coefficient (Wildman–Crippen LogP) is 2.68. The molecule has 1 aromatic heterocycles. The molecular formula is C13H8ClNO2S. The van der Waals surface area contributed by atoms with Crippen molar-refractivity contribution >= 4 is 21.4 Å². The molecule has 0 aliphatic carbocycles. The van der Waals surface area contributed by atoms with Gasteiger partial charge in [-0.15, -0.1) is 0 Å². The molecule has 0 aliphatic heterocycles. The molecule has 0 N–H and O–H groups in total. The van der Waals surface area contributed by atoms with Gasteiger partial charge in [-0.05, 0) is 35.9 Å². The fourth-order valence-electron chi connectivity index (χ4n) is 1.47. The Hall–Kier alpha value is -1.83. The molecule has 3 nitrogen and oxygen atoms in total. The molecule has 2 aromatic rings. The summed E-state index contributed by atoms with van der Waals surface area (Å²) in [5, 5.41) is 3.87. The van der Waals surface area contributed by atoms with Crippen LogP contribution in [-0.4, -0.2) is 13.4 Å². The largest absolute Gasteiger partial charge is 0.256 e. The van der Waals surface area contributed by atoms with Crippen LogP contribution >= 0.6 is 11.6 Å². The minimum Gasteiger partial charge on any atom is -0.256 e. The lowest BCUT2D eigenvalue weighted by molar-refractivity contribution is 0.606. The molecule has 0 saturated heterocycles. The van der Waals surface area contributed by atoms with Gasteiger partial charge in [0, 0.05) is 22.4 Å². The van der Waals surface area contributed by atoms with Crippen molar-refractivity contribution in [1.29, 1.82) is 0 Å². The van der Waals surface area contributed by atoms with Crippen LogP contribution in [0.1, 0.15) is 0 Å². The van der Waals surface area contributed by atoms with Gasteiger partial charge in [-0.2, -0.15) is 0 Å². The molecular weight excluding hydrogens is 270 g/mol. The molecule has 0 aliphatic rings. The van der Waals surface area contributed by atoms with Crippen molar-refractivity contribution < 1.29 is 8.42 Å². The SMILES string of the molecule is O=S(=O)(C#CCl)c1cccc(-c2ccccn2)c1. The first-order valence-electron chi connectivity index (χ1n) is 5.02. The number of sulfone groups is 1. The van der Waals surface area contributed by atoms with Crippen LogP contribution in [0.5, 0.6) is 0 Å². The van der Waals surface area contributed by atoms with Crippen molar-refractivity contribution in [2.75, 3.05) is 0 Å². The van der Waals surface area contributed by atoms with E-state index in [9.17, 15) is 8.42 Å². The lowest BCUT2D eigenvalue weighted by Gasteiger charge is -2.02. The second kappa shape index (κ2) is 5.21. The number of hydrogen-bond acceptors (Lipinski definition) is 3. The van der Waals surface area contributed by atoms with E-state index in [0.29, 0.717) is 11.3 Å². The average molecular weight is 278 g/mol. The number of pyridine rings is 1. The van der Waals surface area contributed by atoms with E-state index in [1.807, 2.05) is 16.7 Å². The van der Waals surface area contributed by atoms with Gasteiger partial charge in [0.15, 0.2) is 0 Å². The minimum absolute atomic E-state index is 0.110. The van der Waals surface area contributed by atoms with Crippen molar-refractivity contribution in [2.45, 2.75) is 4.90 Å². The molecule has 90 valence electrons. The van der Waals surface area contributed by atoms with E-state index in [-0.39, 0.29) is 4.90 Å². The summed E-state index contributed by atoms with van der Waals surface area (Å²) in [6, 6.07) is 11.9. The molecule has 5 heteroatoms. The molecule has 0 bridgehead atoms. The lowest BCUT2D eigenvalue weighted by atomic mass is 10.1. The van der Waals surface area contributed by atoms with Crippen LogP contribution in [-0.2, 0) is 9.84 Å². The van der Waals surface area contributed by atoms with Crippen LogP contribution in [0, 0.1) is 10.6 Å². The highest BCUT2D eigenvalue weighted by atomic mass is 35.5. The first-order valence-corrected chi connectivity index (χ1v) is 6.88. The monoisotopic (exact) mass is 277 g/mol. The van der Waals surface area contributed by atoms with Gasteiger partial charge in [0.25, 0.3) is 0 Å². The Balaban J connectivity index is 2.52. The Bertz CT molecular complexity index is 715. The molecule has 1 heterocycles. The quantitative estimate of drug-likeness (QED) is 0.793. The molecule has 0 radical (unpaired) electrons. The second-order valence-electron chi connectivity index (χ2n) is 3.44. The fourth-order valence-corrected chi connectivity index (χ4v) is 2.53. The van der Waals surface area contributed by atoms with Crippen LogP contribution < -0.4 is 0 Å². The minimum atomic E-state index is -3.66. The molecule has 1 aromatic carbocycles. The van der Waals surface area contributed by atoms with E-state index in [1.165, 1.54) is 12.1 Å². The van der Waals surface area contributed by atoms with E-state index in [1.54, 1.807) is 30.5 Å². The van der Waals surface area contributed by atoms with Crippen molar-refractivity contribution in [2.24, 2.45) is 0 Å². The van der Waals surface area contributed by atoms with Crippen LogP contribution in [0.25, 0.3) is 11.3 Å². The second-order valence-corrected chi connectivity index (χ2v) is 5.31. The van der Waals surface area contributed by atoms with Crippen molar-refractivity contribution in [3.63, 3.8) is 0 Å². The highest BCUT2D eigenvalue weighted by molar-refractivity contribution is 7.96. The van der Waals surface area contributed by atoms with E-state index in [2.05, 4.69) is 4.98 Å². The topological polar surface area (TPSA) is 47.0 Å². The maximum Gasteiger partial charge on any atom is 0.246 e. The van der Waals surface area contributed by atoms with Gasteiger partial charge < -0.3 is 0 Å². The standard InChI is InChI=1S/C13H8ClNO2S/c14-7-9-18(16,17)12-5-3-4-11(10-12)13-6-1-2-8-15-13/h1-6,8,10H. The molecule has 0 saturated carbocycles. The fraction of sp³-hybridized carbons (Fsp3) is 0. The van der Waals surface area contributed by atoms with Crippen LogP contribution in [0.15, 0.2) is 53.6 Å². The molecule has 18 heavy (non-hydrogen) atoms. The van der Waals surface area contributed by atoms with Gasteiger partial charge in [-0.25, -0.2) is 8.42 Å². The Kier molecular flexibility index (Phi) is 3.66. The highest BCUT2D eigenvalue weighted by Crippen LogP contribution is 2.20. The Morgan fingerprint density at radius 2 is 1.94 bits per heavy atom. The molecule has 0 atom stereocenters. The summed E-state index contributed by atoms with van der Waals surface area (Å²) < 4.78 is 23.5. The van der Waals surface area contributed by atoms with Gasteiger partial charge in [-0.1, -0.05) is 18.2 Å². The third kappa shape index (κ3) is 2.70. The summed E-state index contributed by atoms with van der Waals surface area (Å²) in [6.45, 7) is 0. The maximum absolute atomic E-state index is 11.7. The van der Waals surface area contributed by atoms with E-state index >= 15 is 0 Å². The van der Waals surface area contributed by atoms with Gasteiger partial charge in [0.05, 0.1) is 10.6 Å². The summed E-state index contributed by atoms with van der Waals surface area (Å²) in [5.41, 5.74) is 1.42. The van der Waals surface area contributed by atoms with Crippen molar-refractivity contribution in [1.82, 2.24) is 4.98 Å². The van der Waals surface area contributed by atoms with Crippen molar-refractivity contribution in [3.05, 3.63) is 48.7 Å². The summed E-state index contributed by atoms with van der Waals surface area (Å²) >= 11 is 5.14. The van der Waals surface area contributed by atoms with Gasteiger partial charge in [0.1, 0.15) is 0 Å². The highest BCUT2D eigenvalue weighted by Gasteiger charge is 2.11. The molecule has 0 amide bonds. The zero-order valence-electron chi connectivity index (χ0n) is 9.17. The van der Waals surface area contributed by atoms with E-state index < -0.39 is 9.84 Å². The number of rotatable bonds is 2. The van der Waals surface area contributed by atoms with Crippen LogP contribution in [0.4, 0.5) is 0 Å². The van der Waals surface area contributed by atoms with Crippen LogP contribution in [0.3, 0.4) is 0 Å². The van der Waals surface area contributed by atoms with Crippen molar-refractivity contribution in [3.8, 4) is 21.9 Å². The molecule has 2 rings (SSSR count). The number of nitrogens with zero attached hydrogens (tertiary/aromatic N) is 1. The third-order valence-electron chi connectivity index (χ3n) is 2.28. The van der Waals surface area contributed by atoms with Gasteiger partial charge >= 0.3 is 0 Å². The Labute approximate surface area is 110 Å². The molecule has 0 spiro atoms. The first-order chi connectivity index (χ1) is 8.63. The Morgan fingerprint density at radius 1 is 1.11 bits per heavy atom. The zero-order chi connectivity index (χ0) is 13.0. The van der Waals surface area contributed by atoms with E-state index in [4.69, 9.17) is 11.6 Å².